The van der Waals surface area contributed by atoms with Crippen molar-refractivity contribution in [3.05, 3.63) is 0 Å². The summed E-state index contributed by atoms with van der Waals surface area (Å²) in [5, 5.41) is 8.75. The summed E-state index contributed by atoms with van der Waals surface area (Å²) in [6.45, 7) is 2.19. The lowest BCUT2D eigenvalue weighted by molar-refractivity contribution is -0.150. The Hall–Kier alpha value is -1.14. The van der Waals surface area contributed by atoms with Crippen LogP contribution in [-0.4, -0.2) is 60.9 Å². The standard InChI is InChI=1S/C11H19NO5/c1-8-3-4-9(17-8)11(15)12(5-6-16-2)7-10(13)14/h8-9H,3-7H2,1-2H3,(H,13,14)/t8-,9-/m1/s1. The van der Waals surface area contributed by atoms with E-state index in [1.807, 2.05) is 6.92 Å². The zero-order chi connectivity index (χ0) is 12.8. The van der Waals surface area contributed by atoms with Crippen molar-refractivity contribution in [2.75, 3.05) is 26.8 Å². The second kappa shape index (κ2) is 6.56. The van der Waals surface area contributed by atoms with Crippen LogP contribution < -0.4 is 0 Å². The lowest BCUT2D eigenvalue weighted by Gasteiger charge is -2.23. The predicted molar refractivity (Wildman–Crippen MR) is 59.7 cm³/mol. The number of amides is 1. The Bertz CT molecular complexity index is 281. The van der Waals surface area contributed by atoms with E-state index in [2.05, 4.69) is 0 Å². The molecule has 0 aromatic heterocycles. The van der Waals surface area contributed by atoms with E-state index in [1.54, 1.807) is 0 Å². The van der Waals surface area contributed by atoms with Crippen molar-refractivity contribution in [2.45, 2.75) is 32.0 Å². The van der Waals surface area contributed by atoms with E-state index < -0.39 is 12.1 Å². The van der Waals surface area contributed by atoms with E-state index >= 15 is 0 Å². The van der Waals surface area contributed by atoms with Gasteiger partial charge in [0.15, 0.2) is 0 Å². The molecule has 0 unspecified atom stereocenters. The number of hydrogen-bond donors (Lipinski definition) is 1. The van der Waals surface area contributed by atoms with Crippen molar-refractivity contribution >= 4 is 11.9 Å². The van der Waals surface area contributed by atoms with E-state index in [0.29, 0.717) is 13.0 Å². The van der Waals surface area contributed by atoms with E-state index in [9.17, 15) is 9.59 Å². The fourth-order valence-electron chi connectivity index (χ4n) is 1.82. The number of methoxy groups -OCH3 is 1. The molecular formula is C11H19NO5. The summed E-state index contributed by atoms with van der Waals surface area (Å²) in [5.74, 6) is -1.28. The molecule has 1 rings (SSSR count). The largest absolute Gasteiger partial charge is 0.480 e. The number of rotatable bonds is 6. The summed E-state index contributed by atoms with van der Waals surface area (Å²) in [6.07, 6.45) is 1.06. The Labute approximate surface area is 100 Å². The molecule has 0 bridgehead atoms. The summed E-state index contributed by atoms with van der Waals surface area (Å²) in [4.78, 5) is 24.0. The fourth-order valence-corrected chi connectivity index (χ4v) is 1.82. The van der Waals surface area contributed by atoms with Gasteiger partial charge in [0.25, 0.3) is 5.91 Å². The summed E-state index contributed by atoms with van der Waals surface area (Å²) >= 11 is 0. The van der Waals surface area contributed by atoms with Crippen LogP contribution in [0.25, 0.3) is 0 Å². The quantitative estimate of drug-likeness (QED) is 0.719. The molecule has 0 aliphatic carbocycles. The second-order valence-corrected chi connectivity index (χ2v) is 4.16. The molecule has 1 aliphatic rings. The highest BCUT2D eigenvalue weighted by Crippen LogP contribution is 2.20. The van der Waals surface area contributed by atoms with Crippen molar-refractivity contribution < 1.29 is 24.2 Å². The van der Waals surface area contributed by atoms with Gasteiger partial charge in [0, 0.05) is 13.7 Å². The zero-order valence-electron chi connectivity index (χ0n) is 10.2. The minimum absolute atomic E-state index is 0.0676. The molecule has 0 aromatic rings. The van der Waals surface area contributed by atoms with Gasteiger partial charge < -0.3 is 19.5 Å². The van der Waals surface area contributed by atoms with Gasteiger partial charge in [0.2, 0.25) is 0 Å². The average Bonchev–Trinajstić information content (AvgIpc) is 2.69. The van der Waals surface area contributed by atoms with Gasteiger partial charge in [-0.25, -0.2) is 0 Å². The van der Waals surface area contributed by atoms with Gasteiger partial charge in [0.05, 0.1) is 12.7 Å². The Morgan fingerprint density at radius 2 is 2.18 bits per heavy atom. The van der Waals surface area contributed by atoms with Crippen LogP contribution >= 0.6 is 0 Å². The molecule has 0 radical (unpaired) electrons. The number of carbonyl (C=O) groups is 2. The normalized spacial score (nSPS) is 23.6. The first-order valence-electron chi connectivity index (χ1n) is 5.69. The topological polar surface area (TPSA) is 76.1 Å². The summed E-state index contributed by atoms with van der Waals surface area (Å²) < 4.78 is 10.3. The van der Waals surface area contributed by atoms with Crippen LogP contribution in [-0.2, 0) is 19.1 Å². The highest BCUT2D eigenvalue weighted by Gasteiger charge is 2.32. The number of carboxylic acid groups (broad SMARTS) is 1. The van der Waals surface area contributed by atoms with Crippen LogP contribution in [0.5, 0.6) is 0 Å². The Balaban J connectivity index is 2.55. The van der Waals surface area contributed by atoms with Crippen LogP contribution in [0, 0.1) is 0 Å². The first kappa shape index (κ1) is 13.9. The SMILES string of the molecule is COCCN(CC(=O)O)C(=O)[C@H]1CC[C@@H](C)O1. The van der Waals surface area contributed by atoms with Gasteiger partial charge >= 0.3 is 5.97 Å². The monoisotopic (exact) mass is 245 g/mol. The van der Waals surface area contributed by atoms with Gasteiger partial charge in [-0.3, -0.25) is 9.59 Å². The average molecular weight is 245 g/mol. The molecule has 98 valence electrons. The first-order chi connectivity index (χ1) is 8.04. The Morgan fingerprint density at radius 3 is 2.65 bits per heavy atom. The van der Waals surface area contributed by atoms with Crippen molar-refractivity contribution in [3.8, 4) is 0 Å². The van der Waals surface area contributed by atoms with Crippen LogP contribution in [0.2, 0.25) is 0 Å². The fraction of sp³-hybridized carbons (Fsp3) is 0.818. The van der Waals surface area contributed by atoms with Crippen LogP contribution in [0.3, 0.4) is 0 Å². The minimum atomic E-state index is -1.03. The molecular weight excluding hydrogens is 226 g/mol. The predicted octanol–water partition coefficient (Wildman–Crippen LogP) is 0.114. The third-order valence-corrected chi connectivity index (χ3v) is 2.71. The maximum Gasteiger partial charge on any atom is 0.323 e. The molecule has 1 heterocycles. The molecule has 6 nitrogen and oxygen atoms in total. The van der Waals surface area contributed by atoms with Gasteiger partial charge in [-0.1, -0.05) is 0 Å². The van der Waals surface area contributed by atoms with Crippen LogP contribution in [0.1, 0.15) is 19.8 Å². The molecule has 1 saturated heterocycles. The van der Waals surface area contributed by atoms with Crippen molar-refractivity contribution in [3.63, 3.8) is 0 Å². The molecule has 6 heteroatoms. The van der Waals surface area contributed by atoms with Crippen LogP contribution in [0.15, 0.2) is 0 Å². The summed E-state index contributed by atoms with van der Waals surface area (Å²) in [6, 6.07) is 0. The molecule has 0 spiro atoms. The Kier molecular flexibility index (Phi) is 5.37. The lowest BCUT2D eigenvalue weighted by atomic mass is 10.2. The molecule has 1 aliphatic heterocycles. The van der Waals surface area contributed by atoms with Gasteiger partial charge in [0.1, 0.15) is 12.6 Å². The maximum absolute atomic E-state index is 12.0. The zero-order valence-corrected chi connectivity index (χ0v) is 10.2. The van der Waals surface area contributed by atoms with Gasteiger partial charge in [-0.15, -0.1) is 0 Å². The van der Waals surface area contributed by atoms with E-state index in [4.69, 9.17) is 14.6 Å². The third-order valence-electron chi connectivity index (χ3n) is 2.71. The molecule has 1 N–H and O–H groups in total. The minimum Gasteiger partial charge on any atom is -0.480 e. The smallest absolute Gasteiger partial charge is 0.323 e. The number of nitrogens with zero attached hydrogens (tertiary/aromatic N) is 1. The summed E-state index contributed by atoms with van der Waals surface area (Å²) in [7, 11) is 1.51. The molecule has 1 fully saturated rings. The second-order valence-electron chi connectivity index (χ2n) is 4.16. The molecule has 2 atom stereocenters. The number of ether oxygens (including phenoxy) is 2. The maximum atomic E-state index is 12.0. The van der Waals surface area contributed by atoms with E-state index in [1.165, 1.54) is 12.0 Å². The first-order valence-corrected chi connectivity index (χ1v) is 5.69. The van der Waals surface area contributed by atoms with E-state index in [0.717, 1.165) is 6.42 Å². The van der Waals surface area contributed by atoms with Crippen molar-refractivity contribution in [2.24, 2.45) is 0 Å². The Morgan fingerprint density at radius 1 is 1.47 bits per heavy atom. The number of carboxylic acids is 1. The molecule has 0 aromatic carbocycles. The van der Waals surface area contributed by atoms with Gasteiger partial charge in [-0.05, 0) is 19.8 Å². The van der Waals surface area contributed by atoms with E-state index in [-0.39, 0.29) is 25.1 Å². The molecule has 0 saturated carbocycles. The van der Waals surface area contributed by atoms with Gasteiger partial charge in [-0.2, -0.15) is 0 Å². The number of aliphatic carboxylic acids is 1. The lowest BCUT2D eigenvalue weighted by Crippen LogP contribution is -2.43. The highest BCUT2D eigenvalue weighted by atomic mass is 16.5. The number of hydrogen-bond acceptors (Lipinski definition) is 4. The third kappa shape index (κ3) is 4.32. The number of carbonyl (C=O) groups excluding carboxylic acids is 1. The van der Waals surface area contributed by atoms with Crippen molar-refractivity contribution in [1.29, 1.82) is 0 Å². The molecule has 1 amide bonds. The molecule has 17 heavy (non-hydrogen) atoms. The van der Waals surface area contributed by atoms with Crippen LogP contribution in [0.4, 0.5) is 0 Å². The summed E-state index contributed by atoms with van der Waals surface area (Å²) in [5.41, 5.74) is 0. The van der Waals surface area contributed by atoms with Crippen molar-refractivity contribution in [1.82, 2.24) is 4.90 Å². The highest BCUT2D eigenvalue weighted by molar-refractivity contribution is 5.84.